The van der Waals surface area contributed by atoms with Crippen LogP contribution in [0, 0.1) is 17.0 Å². The summed E-state index contributed by atoms with van der Waals surface area (Å²) in [6, 6.07) is 6.98. The molecule has 1 aromatic heterocycles. The molecule has 2 saturated heterocycles. The number of carbonyl (C=O) groups excluding carboxylic acids is 4. The smallest absolute Gasteiger partial charge is 0.344 e. The highest BCUT2D eigenvalue weighted by atomic mass is 32.2. The van der Waals surface area contributed by atoms with Crippen LogP contribution in [0.25, 0.3) is 0 Å². The third kappa shape index (κ3) is 5.97. The maximum atomic E-state index is 12.9. The van der Waals surface area contributed by atoms with Crippen LogP contribution in [0.2, 0.25) is 0 Å². The van der Waals surface area contributed by atoms with Gasteiger partial charge in [0.1, 0.15) is 42.6 Å². The van der Waals surface area contributed by atoms with Gasteiger partial charge in [0, 0.05) is 11.7 Å². The Kier molecular flexibility index (Phi) is 8.09. The molecular formula is C24H27N5O9S. The van der Waals surface area contributed by atoms with Gasteiger partial charge < -0.3 is 34.5 Å². The SMILES string of the molecule is Cc1ncc([N+](=O)[O-])n1CCOC(=O)COC(=O)[C@@H]1N2C(=O)[C@@H](NC(=O)COc3ccccc3)[C@H]2SC1(C)C. The van der Waals surface area contributed by atoms with E-state index in [0.717, 1.165) is 6.20 Å². The molecule has 2 amide bonds. The number of rotatable bonds is 11. The zero-order valence-corrected chi connectivity index (χ0v) is 22.2. The summed E-state index contributed by atoms with van der Waals surface area (Å²) in [5.41, 5.74) is 0. The highest BCUT2D eigenvalue weighted by Crippen LogP contribution is 2.51. The number of benzene rings is 1. The number of amides is 2. The largest absolute Gasteiger partial charge is 0.484 e. The predicted molar refractivity (Wildman–Crippen MR) is 135 cm³/mol. The van der Waals surface area contributed by atoms with E-state index in [1.165, 1.54) is 21.2 Å². The summed E-state index contributed by atoms with van der Waals surface area (Å²) in [5.74, 6) is -1.86. The highest BCUT2D eigenvalue weighted by molar-refractivity contribution is 8.01. The summed E-state index contributed by atoms with van der Waals surface area (Å²) in [6.45, 7) is 3.97. The topological polar surface area (TPSA) is 172 Å². The van der Waals surface area contributed by atoms with Gasteiger partial charge in [0.2, 0.25) is 5.91 Å². The molecule has 2 aromatic rings. The van der Waals surface area contributed by atoms with Crippen molar-refractivity contribution in [3.8, 4) is 5.75 Å². The lowest BCUT2D eigenvalue weighted by Gasteiger charge is -2.43. The van der Waals surface area contributed by atoms with Crippen LogP contribution < -0.4 is 10.1 Å². The quantitative estimate of drug-likeness (QED) is 0.178. The highest BCUT2D eigenvalue weighted by Gasteiger charge is 2.64. The Balaban J connectivity index is 1.25. The summed E-state index contributed by atoms with van der Waals surface area (Å²) >= 11 is 1.34. The zero-order chi connectivity index (χ0) is 28.3. The average Bonchev–Trinajstić information content (AvgIpc) is 3.39. The van der Waals surface area contributed by atoms with Crippen LogP contribution in [0.5, 0.6) is 5.75 Å². The third-order valence-electron chi connectivity index (χ3n) is 6.23. The Labute approximate surface area is 227 Å². The summed E-state index contributed by atoms with van der Waals surface area (Å²) < 4.78 is 16.1. The molecule has 0 aliphatic carbocycles. The number of hydrogen-bond acceptors (Lipinski definition) is 11. The molecule has 3 heterocycles. The van der Waals surface area contributed by atoms with E-state index in [4.69, 9.17) is 14.2 Å². The van der Waals surface area contributed by atoms with E-state index in [1.54, 1.807) is 45.0 Å². The fourth-order valence-corrected chi connectivity index (χ4v) is 6.01. The summed E-state index contributed by atoms with van der Waals surface area (Å²) in [7, 11) is 0. The zero-order valence-electron chi connectivity index (χ0n) is 21.4. The number of fused-ring (bicyclic) bond motifs is 1. The van der Waals surface area contributed by atoms with Gasteiger partial charge >= 0.3 is 17.8 Å². The Bertz CT molecular complexity index is 1280. The molecule has 0 saturated carbocycles. The van der Waals surface area contributed by atoms with Crippen molar-refractivity contribution in [1.82, 2.24) is 19.8 Å². The van der Waals surface area contributed by atoms with Gasteiger partial charge in [0.25, 0.3) is 5.91 Å². The molecule has 2 aliphatic rings. The van der Waals surface area contributed by atoms with Gasteiger partial charge in [-0.3, -0.25) is 9.59 Å². The van der Waals surface area contributed by atoms with E-state index >= 15 is 0 Å². The first-order valence-corrected chi connectivity index (χ1v) is 12.8. The van der Waals surface area contributed by atoms with Gasteiger partial charge in [-0.15, -0.1) is 11.8 Å². The Morgan fingerprint density at radius 2 is 1.90 bits per heavy atom. The van der Waals surface area contributed by atoms with Gasteiger partial charge in [0.15, 0.2) is 19.0 Å². The molecule has 208 valence electrons. The van der Waals surface area contributed by atoms with Crippen LogP contribution in [0.1, 0.15) is 19.7 Å². The Morgan fingerprint density at radius 3 is 2.59 bits per heavy atom. The first-order chi connectivity index (χ1) is 18.5. The predicted octanol–water partition coefficient (Wildman–Crippen LogP) is 0.812. The molecule has 39 heavy (non-hydrogen) atoms. The van der Waals surface area contributed by atoms with Gasteiger partial charge in [-0.1, -0.05) is 18.2 Å². The second-order valence-corrected chi connectivity index (χ2v) is 11.1. The molecule has 1 aromatic carbocycles. The number of β-lactam (4-membered cyclic amide) rings is 1. The normalized spacial score (nSPS) is 20.9. The molecule has 4 rings (SSSR count). The number of thioether (sulfide) groups is 1. The number of nitrogens with zero attached hydrogens (tertiary/aromatic N) is 4. The van der Waals surface area contributed by atoms with E-state index in [-0.39, 0.29) is 25.6 Å². The van der Waals surface area contributed by atoms with Crippen LogP contribution in [0.4, 0.5) is 5.82 Å². The molecule has 1 N–H and O–H groups in total. The fraction of sp³-hybridized carbons (Fsp3) is 0.458. The number of nitrogens with one attached hydrogen (secondary N) is 1. The number of ether oxygens (including phenoxy) is 3. The lowest BCUT2D eigenvalue weighted by Crippen LogP contribution is -2.71. The number of esters is 2. The molecule has 0 unspecified atom stereocenters. The first-order valence-electron chi connectivity index (χ1n) is 12.0. The minimum Gasteiger partial charge on any atom is -0.484 e. The van der Waals surface area contributed by atoms with Crippen molar-refractivity contribution < 1.29 is 38.3 Å². The van der Waals surface area contributed by atoms with Crippen molar-refractivity contribution in [2.75, 3.05) is 19.8 Å². The second-order valence-electron chi connectivity index (χ2n) is 9.31. The van der Waals surface area contributed by atoms with Crippen LogP contribution in [0.3, 0.4) is 0 Å². The van der Waals surface area contributed by atoms with Gasteiger partial charge in [0.05, 0.1) is 0 Å². The van der Waals surface area contributed by atoms with E-state index in [9.17, 15) is 29.3 Å². The molecule has 0 radical (unpaired) electrons. The van der Waals surface area contributed by atoms with Crippen LogP contribution in [-0.4, -0.2) is 85.2 Å². The maximum Gasteiger partial charge on any atom is 0.344 e. The number of aryl methyl sites for hydroxylation is 1. The van der Waals surface area contributed by atoms with E-state index < -0.39 is 57.5 Å². The Morgan fingerprint density at radius 1 is 1.18 bits per heavy atom. The lowest BCUT2D eigenvalue weighted by atomic mass is 9.96. The molecule has 3 atom stereocenters. The number of carbonyl (C=O) groups is 4. The maximum absolute atomic E-state index is 12.9. The minimum absolute atomic E-state index is 0.00157. The van der Waals surface area contributed by atoms with Crippen molar-refractivity contribution in [2.24, 2.45) is 0 Å². The number of hydrogen-bond donors (Lipinski definition) is 1. The summed E-state index contributed by atoms with van der Waals surface area (Å²) in [4.78, 5) is 65.9. The van der Waals surface area contributed by atoms with Crippen molar-refractivity contribution in [2.45, 2.75) is 49.5 Å². The third-order valence-corrected chi connectivity index (χ3v) is 7.80. The van der Waals surface area contributed by atoms with Crippen molar-refractivity contribution in [3.63, 3.8) is 0 Å². The lowest BCUT2D eigenvalue weighted by molar-refractivity contribution is -0.392. The van der Waals surface area contributed by atoms with E-state index in [1.807, 2.05) is 6.07 Å². The summed E-state index contributed by atoms with van der Waals surface area (Å²) in [6.07, 6.45) is 1.11. The standard InChI is InChI=1S/C24H27N5O9S/c1-14-25-11-17(29(34)35)27(14)9-10-36-18(31)13-38-23(33)20-24(2,3)39-22-19(21(32)28(20)22)26-16(30)12-37-15-7-5-4-6-8-15/h4-8,11,19-20,22H,9-10,12-13H2,1-3H3,(H,26,30)/t19-,20+,22-/m1/s1. The van der Waals surface area contributed by atoms with Crippen molar-refractivity contribution in [3.05, 3.63) is 52.5 Å². The van der Waals surface area contributed by atoms with Gasteiger partial charge in [-0.05, 0) is 30.9 Å². The van der Waals surface area contributed by atoms with Crippen LogP contribution in [-0.2, 0) is 35.2 Å². The number of imidazole rings is 1. The van der Waals surface area contributed by atoms with Crippen LogP contribution in [0.15, 0.2) is 36.5 Å². The molecular weight excluding hydrogens is 534 g/mol. The average molecular weight is 562 g/mol. The van der Waals surface area contributed by atoms with Gasteiger partial charge in [-0.2, -0.15) is 0 Å². The van der Waals surface area contributed by atoms with Crippen molar-refractivity contribution in [1.29, 1.82) is 0 Å². The van der Waals surface area contributed by atoms with Gasteiger partial charge in [-0.25, -0.2) is 19.1 Å². The molecule has 2 fully saturated rings. The molecule has 0 bridgehead atoms. The minimum atomic E-state index is -0.974. The van der Waals surface area contributed by atoms with Crippen LogP contribution >= 0.6 is 11.8 Å². The Hall–Kier alpha value is -4.14. The monoisotopic (exact) mass is 561 g/mol. The number of nitro groups is 1. The first kappa shape index (κ1) is 27.9. The fourth-order valence-electron chi connectivity index (χ4n) is 4.39. The van der Waals surface area contributed by atoms with E-state index in [0.29, 0.717) is 11.6 Å². The molecule has 0 spiro atoms. The second kappa shape index (κ2) is 11.3. The van der Waals surface area contributed by atoms with Crippen molar-refractivity contribution >= 4 is 41.3 Å². The number of aromatic nitrogens is 2. The molecule has 14 nitrogen and oxygen atoms in total. The van der Waals surface area contributed by atoms with E-state index in [2.05, 4.69) is 10.3 Å². The molecule has 2 aliphatic heterocycles. The summed E-state index contributed by atoms with van der Waals surface area (Å²) in [5, 5.41) is 13.2. The molecule has 15 heteroatoms. The number of para-hydroxylation sites is 1.